The van der Waals surface area contributed by atoms with Gasteiger partial charge in [0.15, 0.2) is 0 Å². The van der Waals surface area contributed by atoms with Crippen LogP contribution in [0.25, 0.3) is 6.08 Å². The van der Waals surface area contributed by atoms with Gasteiger partial charge < -0.3 is 30.7 Å². The van der Waals surface area contributed by atoms with Crippen molar-refractivity contribution in [1.29, 1.82) is 0 Å². The first-order valence-corrected chi connectivity index (χ1v) is 20.4. The van der Waals surface area contributed by atoms with Gasteiger partial charge in [0.05, 0.1) is 25.3 Å². The Morgan fingerprint density at radius 1 is 0.492 bits per heavy atom. The molecule has 0 bridgehead atoms. The van der Waals surface area contributed by atoms with Gasteiger partial charge in [0, 0.05) is 27.2 Å². The molecule has 0 aromatic heterocycles. The Morgan fingerprint density at radius 2 is 0.810 bits per heavy atom. The van der Waals surface area contributed by atoms with Gasteiger partial charge in [-0.15, -0.1) is 0 Å². The topological polar surface area (TPSA) is 169 Å². The number of amides is 4. The number of esters is 2. The fourth-order valence-corrected chi connectivity index (χ4v) is 6.84. The number of hydrogen-bond donors (Lipinski definition) is 4. The molecule has 6 rings (SSSR count). The minimum atomic E-state index is -1.00. The highest BCUT2D eigenvalue weighted by molar-refractivity contribution is 9.10. The van der Waals surface area contributed by atoms with Crippen LogP contribution in [0.1, 0.15) is 37.4 Å². The lowest BCUT2D eigenvalue weighted by Crippen LogP contribution is -2.35. The molecule has 0 aliphatic heterocycles. The van der Waals surface area contributed by atoms with E-state index in [9.17, 15) is 28.8 Å². The maximum absolute atomic E-state index is 13.1. The molecule has 320 valence electrons. The smallest absolute Gasteiger partial charge is 0.338 e. The van der Waals surface area contributed by atoms with Gasteiger partial charge in [0.2, 0.25) is 23.6 Å². The number of anilines is 4. The molecule has 12 nitrogen and oxygen atoms in total. The number of rotatable bonds is 15. The van der Waals surface area contributed by atoms with Gasteiger partial charge in [-0.1, -0.05) is 104 Å². The lowest BCUT2D eigenvalue weighted by Gasteiger charge is -2.18. The van der Waals surface area contributed by atoms with Crippen molar-refractivity contribution in [1.82, 2.24) is 0 Å². The van der Waals surface area contributed by atoms with Crippen LogP contribution in [0.15, 0.2) is 169 Å². The largest absolute Gasteiger partial charge is 0.465 e. The summed E-state index contributed by atoms with van der Waals surface area (Å²) in [7, 11) is 2.61. The second-order valence-corrected chi connectivity index (χ2v) is 14.7. The number of methoxy groups -OCH3 is 2. The van der Waals surface area contributed by atoms with Crippen molar-refractivity contribution in [3.63, 3.8) is 0 Å². The average Bonchev–Trinajstić information content (AvgIpc) is 3.30. The second kappa shape index (κ2) is 23.4. The van der Waals surface area contributed by atoms with E-state index in [1.807, 2.05) is 24.3 Å². The van der Waals surface area contributed by atoms with Crippen molar-refractivity contribution in [3.05, 3.63) is 197 Å². The van der Waals surface area contributed by atoms with Crippen LogP contribution in [0.4, 0.5) is 22.7 Å². The summed E-state index contributed by atoms with van der Waals surface area (Å²) in [5, 5.41) is 11.2. The molecule has 0 aliphatic carbocycles. The molecule has 4 amide bonds. The van der Waals surface area contributed by atoms with E-state index < -0.39 is 47.4 Å². The molecule has 0 radical (unpaired) electrons. The molecular weight excluding hydrogens is 864 g/mol. The van der Waals surface area contributed by atoms with Crippen LogP contribution in [0.2, 0.25) is 0 Å². The van der Waals surface area contributed by atoms with Crippen LogP contribution in [-0.2, 0) is 41.5 Å². The summed E-state index contributed by atoms with van der Waals surface area (Å²) in [6.07, 6.45) is 1.83. The second-order valence-electron chi connectivity index (χ2n) is 13.9. The maximum atomic E-state index is 13.1. The molecule has 0 fully saturated rings. The SMILES string of the molecule is C=Cc1cc(CC(C(=O)Nc2ccccc2)C(=O)Nc2ccccc2)ccc1C(=O)OC.COC(=O)c1ccc(CC(C(=O)Nc2ccccc2)C(=O)Nc2ccccc2)cc1Br. The van der Waals surface area contributed by atoms with E-state index in [1.54, 1.807) is 140 Å². The lowest BCUT2D eigenvalue weighted by atomic mass is 9.94. The predicted molar refractivity (Wildman–Crippen MR) is 248 cm³/mol. The number of benzene rings is 6. The third kappa shape index (κ3) is 13.7. The minimum Gasteiger partial charge on any atom is -0.465 e. The zero-order chi connectivity index (χ0) is 45.1. The molecule has 6 aromatic rings. The van der Waals surface area contributed by atoms with E-state index in [-0.39, 0.29) is 12.8 Å². The van der Waals surface area contributed by atoms with Crippen molar-refractivity contribution in [3.8, 4) is 0 Å². The Balaban J connectivity index is 0.000000238. The van der Waals surface area contributed by atoms with E-state index in [2.05, 4.69) is 43.8 Å². The fraction of sp³-hybridized carbons (Fsp3) is 0.120. The molecule has 13 heteroatoms. The van der Waals surface area contributed by atoms with E-state index in [1.165, 1.54) is 14.2 Å². The van der Waals surface area contributed by atoms with E-state index >= 15 is 0 Å². The summed E-state index contributed by atoms with van der Waals surface area (Å²) >= 11 is 3.36. The number of halogens is 1. The summed E-state index contributed by atoms with van der Waals surface area (Å²) in [5.74, 6) is -4.65. The van der Waals surface area contributed by atoms with E-state index in [4.69, 9.17) is 9.47 Å². The molecule has 0 saturated heterocycles. The highest BCUT2D eigenvalue weighted by atomic mass is 79.9. The highest BCUT2D eigenvalue weighted by Crippen LogP contribution is 2.24. The third-order valence-corrected chi connectivity index (χ3v) is 10.1. The summed E-state index contributed by atoms with van der Waals surface area (Å²) in [5.41, 5.74) is 5.14. The van der Waals surface area contributed by atoms with E-state index in [0.717, 1.165) is 5.56 Å². The molecule has 0 spiro atoms. The number of ether oxygens (including phenoxy) is 2. The fourth-order valence-electron chi connectivity index (χ4n) is 6.25. The van der Waals surface area contributed by atoms with Gasteiger partial charge in [-0.2, -0.15) is 0 Å². The minimum absolute atomic E-state index is 0.139. The van der Waals surface area contributed by atoms with Crippen LogP contribution in [0.3, 0.4) is 0 Å². The molecule has 6 aromatic carbocycles. The van der Waals surface area contributed by atoms with Crippen molar-refractivity contribution in [2.75, 3.05) is 35.5 Å². The first-order chi connectivity index (χ1) is 30.5. The zero-order valence-electron chi connectivity index (χ0n) is 34.5. The summed E-state index contributed by atoms with van der Waals surface area (Å²) in [6.45, 7) is 3.74. The number of nitrogens with one attached hydrogen (secondary N) is 4. The number of para-hydroxylation sites is 4. The van der Waals surface area contributed by atoms with Gasteiger partial charge in [-0.3, -0.25) is 19.2 Å². The van der Waals surface area contributed by atoms with Crippen molar-refractivity contribution in [2.45, 2.75) is 12.8 Å². The Hall–Kier alpha value is -7.64. The van der Waals surface area contributed by atoms with Gasteiger partial charge >= 0.3 is 11.9 Å². The number of carbonyl (C=O) groups excluding carboxylic acids is 6. The molecule has 63 heavy (non-hydrogen) atoms. The van der Waals surface area contributed by atoms with Crippen molar-refractivity contribution in [2.24, 2.45) is 11.8 Å². The van der Waals surface area contributed by atoms with Crippen LogP contribution in [-0.4, -0.2) is 49.8 Å². The Bertz CT molecular complexity index is 2430. The van der Waals surface area contributed by atoms with Gasteiger partial charge in [-0.05, 0) is 112 Å². The molecule has 0 aliphatic rings. The Labute approximate surface area is 373 Å². The molecule has 4 N–H and O–H groups in total. The molecule has 0 unspecified atom stereocenters. The van der Waals surface area contributed by atoms with Crippen LogP contribution in [0, 0.1) is 11.8 Å². The maximum Gasteiger partial charge on any atom is 0.338 e. The van der Waals surface area contributed by atoms with Gasteiger partial charge in [0.25, 0.3) is 0 Å². The third-order valence-electron chi connectivity index (χ3n) is 9.49. The molecule has 0 saturated carbocycles. The predicted octanol–water partition coefficient (Wildman–Crippen LogP) is 9.22. The average molecular weight is 910 g/mol. The highest BCUT2D eigenvalue weighted by Gasteiger charge is 2.29. The number of hydrogen-bond acceptors (Lipinski definition) is 8. The van der Waals surface area contributed by atoms with Gasteiger partial charge in [0.1, 0.15) is 11.8 Å². The number of carbonyl (C=O) groups is 6. The molecular formula is C50H45BrN4O8. The summed E-state index contributed by atoms with van der Waals surface area (Å²) in [6, 6.07) is 45.9. The summed E-state index contributed by atoms with van der Waals surface area (Å²) in [4.78, 5) is 75.9. The summed E-state index contributed by atoms with van der Waals surface area (Å²) < 4.78 is 10.1. The lowest BCUT2D eigenvalue weighted by molar-refractivity contribution is -0.130. The quantitative estimate of drug-likeness (QED) is 0.0584. The molecule has 0 heterocycles. The monoisotopic (exact) mass is 908 g/mol. The first-order valence-electron chi connectivity index (χ1n) is 19.6. The Morgan fingerprint density at radius 3 is 1.13 bits per heavy atom. The Kier molecular flexibility index (Phi) is 17.2. The molecule has 0 atom stereocenters. The standard InChI is InChI=1S/C26H24N2O4.C24H21BrN2O4/c1-3-19-16-18(14-15-22(19)26(31)32-2)17-23(24(29)27-20-10-6-4-7-11-20)25(30)28-21-12-8-5-9-13-21;1-31-24(30)19-13-12-16(15-21(19)25)14-20(22(28)26-17-8-4-2-5-9-17)23(29)27-18-10-6-3-7-11-18/h3-16,23H,1,17H2,2H3,(H,27,29)(H,28,30);2-13,15,20H,14H2,1H3,(H,26,28)(H,27,29). The zero-order valence-corrected chi connectivity index (χ0v) is 36.1. The first kappa shape index (κ1) is 46.4. The van der Waals surface area contributed by atoms with Crippen molar-refractivity contribution >= 4 is 80.3 Å². The van der Waals surface area contributed by atoms with Crippen LogP contribution >= 0.6 is 15.9 Å². The van der Waals surface area contributed by atoms with E-state index in [0.29, 0.717) is 49.5 Å². The van der Waals surface area contributed by atoms with Crippen molar-refractivity contribution < 1.29 is 38.2 Å². The normalized spacial score (nSPS) is 10.4. The van der Waals surface area contributed by atoms with Gasteiger partial charge in [-0.25, -0.2) is 9.59 Å². The van der Waals surface area contributed by atoms with Crippen LogP contribution in [0.5, 0.6) is 0 Å². The van der Waals surface area contributed by atoms with Crippen LogP contribution < -0.4 is 21.3 Å².